The van der Waals surface area contributed by atoms with Gasteiger partial charge in [0.2, 0.25) is 5.95 Å². The minimum Gasteiger partial charge on any atom is -0.351 e. The molecule has 0 bridgehead atoms. The van der Waals surface area contributed by atoms with Gasteiger partial charge in [-0.25, -0.2) is 19.3 Å². The zero-order valence-electron chi connectivity index (χ0n) is 17.8. The van der Waals surface area contributed by atoms with Crippen LogP contribution in [0.15, 0.2) is 47.6 Å². The van der Waals surface area contributed by atoms with Crippen molar-refractivity contribution >= 4 is 47.5 Å². The molecule has 5 nitrogen and oxygen atoms in total. The van der Waals surface area contributed by atoms with Gasteiger partial charge in [0.25, 0.3) is 0 Å². The smallest absolute Gasteiger partial charge is 0.222 e. The zero-order valence-corrected chi connectivity index (χ0v) is 19.4. The highest BCUT2D eigenvalue weighted by molar-refractivity contribution is 8.00. The lowest BCUT2D eigenvalue weighted by molar-refractivity contribution is 0.461. The number of halogens is 2. The number of hydrogen-bond acceptors (Lipinski definition) is 6. The zero-order chi connectivity index (χ0) is 22.3. The summed E-state index contributed by atoms with van der Waals surface area (Å²) in [5.41, 5.74) is 2.79. The van der Waals surface area contributed by atoms with E-state index in [-0.39, 0.29) is 5.02 Å². The molecule has 0 unspecified atom stereocenters. The molecule has 0 atom stereocenters. The third-order valence-electron chi connectivity index (χ3n) is 5.37. The number of nitrogens with zero attached hydrogens (tertiary/aromatic N) is 3. The van der Waals surface area contributed by atoms with Crippen LogP contribution in [0, 0.1) is 12.7 Å². The fourth-order valence-electron chi connectivity index (χ4n) is 3.59. The quantitative estimate of drug-likeness (QED) is 0.363. The lowest BCUT2D eigenvalue weighted by Crippen LogP contribution is -2.23. The lowest BCUT2D eigenvalue weighted by atomic mass is 9.96. The van der Waals surface area contributed by atoms with E-state index < -0.39 is 5.82 Å². The second kappa shape index (κ2) is 10.8. The highest BCUT2D eigenvalue weighted by atomic mass is 35.5. The first-order valence-corrected chi connectivity index (χ1v) is 11.9. The summed E-state index contributed by atoms with van der Waals surface area (Å²) in [5.74, 6) is 0.926. The van der Waals surface area contributed by atoms with E-state index in [0.29, 0.717) is 22.7 Å². The molecule has 1 aliphatic rings. The van der Waals surface area contributed by atoms with Crippen LogP contribution in [-0.4, -0.2) is 21.0 Å². The van der Waals surface area contributed by atoms with Gasteiger partial charge in [-0.15, -0.1) is 0 Å². The lowest BCUT2D eigenvalue weighted by Gasteiger charge is -2.22. The van der Waals surface area contributed by atoms with Crippen molar-refractivity contribution in [3.05, 3.63) is 70.4 Å². The number of aryl methyl sites for hydroxylation is 1. The van der Waals surface area contributed by atoms with Crippen molar-refractivity contribution in [3.63, 3.8) is 0 Å². The number of nitrogens with one attached hydrogen (secondary N) is 2. The molecule has 166 valence electrons. The first-order chi connectivity index (χ1) is 15.6. The van der Waals surface area contributed by atoms with Crippen molar-refractivity contribution in [2.45, 2.75) is 50.0 Å². The summed E-state index contributed by atoms with van der Waals surface area (Å²) < 4.78 is 16.7. The normalized spacial score (nSPS) is 14.6. The van der Waals surface area contributed by atoms with E-state index in [4.69, 9.17) is 11.6 Å². The predicted octanol–water partition coefficient (Wildman–Crippen LogP) is 7.01. The fraction of sp³-hybridized carbons (Fsp3) is 0.292. The maximum Gasteiger partial charge on any atom is 0.222 e. The van der Waals surface area contributed by atoms with Gasteiger partial charge in [0.15, 0.2) is 0 Å². The van der Waals surface area contributed by atoms with E-state index in [1.807, 2.05) is 43.6 Å². The molecule has 2 N–H and O–H groups in total. The van der Waals surface area contributed by atoms with E-state index in [1.165, 1.54) is 50.1 Å². The summed E-state index contributed by atoms with van der Waals surface area (Å²) in [7, 11) is 0. The summed E-state index contributed by atoms with van der Waals surface area (Å²) in [6, 6.07) is 9.06. The fourth-order valence-corrected chi connectivity index (χ4v) is 4.49. The minimum atomic E-state index is -0.440. The number of benzene rings is 1. The molecule has 0 saturated heterocycles. The third kappa shape index (κ3) is 5.99. The van der Waals surface area contributed by atoms with Gasteiger partial charge in [-0.1, -0.05) is 49.1 Å². The number of pyridine rings is 1. The summed E-state index contributed by atoms with van der Waals surface area (Å²) in [6.45, 7) is 1.94. The Morgan fingerprint density at radius 1 is 1.06 bits per heavy atom. The van der Waals surface area contributed by atoms with Crippen LogP contribution in [0.3, 0.4) is 0 Å². The van der Waals surface area contributed by atoms with Gasteiger partial charge in [0.1, 0.15) is 11.6 Å². The van der Waals surface area contributed by atoms with Gasteiger partial charge >= 0.3 is 0 Å². The monoisotopic (exact) mass is 469 g/mol. The van der Waals surface area contributed by atoms with Crippen LogP contribution >= 0.6 is 23.5 Å². The minimum absolute atomic E-state index is 0.100. The van der Waals surface area contributed by atoms with Crippen molar-refractivity contribution in [2.75, 3.05) is 10.0 Å². The van der Waals surface area contributed by atoms with Crippen LogP contribution < -0.4 is 10.0 Å². The Morgan fingerprint density at radius 3 is 2.59 bits per heavy atom. The molecule has 2 aromatic heterocycles. The van der Waals surface area contributed by atoms with E-state index in [0.717, 1.165) is 16.8 Å². The Labute approximate surface area is 197 Å². The number of rotatable bonds is 7. The SMILES string of the molecule is Cc1nc(NSc2cccc(F)c2Cl)ccc1/C=C/c1cnc(NC2CCCCC2)nc1. The second-order valence-corrected chi connectivity index (χ2v) is 9.01. The molecule has 2 heterocycles. The van der Waals surface area contributed by atoms with Crippen LogP contribution in [0.4, 0.5) is 16.2 Å². The summed E-state index contributed by atoms with van der Waals surface area (Å²) in [6.07, 6.45) is 13.9. The molecule has 0 amide bonds. The highest BCUT2D eigenvalue weighted by Gasteiger charge is 2.13. The molecule has 0 aliphatic heterocycles. The molecular weight excluding hydrogens is 445 g/mol. The molecule has 1 fully saturated rings. The van der Waals surface area contributed by atoms with Gasteiger partial charge in [0, 0.05) is 29.7 Å². The third-order valence-corrected chi connectivity index (χ3v) is 6.74. The molecule has 0 radical (unpaired) electrons. The van der Waals surface area contributed by atoms with Gasteiger partial charge in [-0.2, -0.15) is 0 Å². The van der Waals surface area contributed by atoms with Gasteiger partial charge in [0.05, 0.1) is 9.92 Å². The van der Waals surface area contributed by atoms with E-state index in [2.05, 4.69) is 25.0 Å². The average Bonchev–Trinajstić information content (AvgIpc) is 2.81. The molecule has 1 aromatic carbocycles. The van der Waals surface area contributed by atoms with Crippen LogP contribution in [-0.2, 0) is 0 Å². The maximum atomic E-state index is 13.6. The Balaban J connectivity index is 1.35. The van der Waals surface area contributed by atoms with Crippen LogP contribution in [0.2, 0.25) is 5.02 Å². The number of aromatic nitrogens is 3. The van der Waals surface area contributed by atoms with Gasteiger partial charge in [-0.05, 0) is 61.5 Å². The van der Waals surface area contributed by atoms with E-state index >= 15 is 0 Å². The number of hydrogen-bond donors (Lipinski definition) is 2. The first kappa shape index (κ1) is 22.6. The molecule has 1 saturated carbocycles. The van der Waals surface area contributed by atoms with Gasteiger partial charge < -0.3 is 10.0 Å². The Morgan fingerprint density at radius 2 is 1.84 bits per heavy atom. The van der Waals surface area contributed by atoms with Crippen molar-refractivity contribution < 1.29 is 4.39 Å². The highest BCUT2D eigenvalue weighted by Crippen LogP contribution is 2.30. The van der Waals surface area contributed by atoms with Crippen molar-refractivity contribution in [2.24, 2.45) is 0 Å². The summed E-state index contributed by atoms with van der Waals surface area (Å²) in [5, 5.41) is 3.53. The Hall–Kier alpha value is -2.64. The summed E-state index contributed by atoms with van der Waals surface area (Å²) >= 11 is 7.22. The largest absolute Gasteiger partial charge is 0.351 e. The van der Waals surface area contributed by atoms with Gasteiger partial charge in [-0.3, -0.25) is 0 Å². The Kier molecular flexibility index (Phi) is 7.60. The molecule has 0 spiro atoms. The van der Waals surface area contributed by atoms with E-state index in [9.17, 15) is 4.39 Å². The molecule has 1 aliphatic carbocycles. The van der Waals surface area contributed by atoms with Crippen LogP contribution in [0.1, 0.15) is 48.9 Å². The number of anilines is 2. The summed E-state index contributed by atoms with van der Waals surface area (Å²) in [4.78, 5) is 14.1. The van der Waals surface area contributed by atoms with Crippen LogP contribution in [0.5, 0.6) is 0 Å². The van der Waals surface area contributed by atoms with E-state index in [1.54, 1.807) is 12.1 Å². The van der Waals surface area contributed by atoms with Crippen molar-refractivity contribution in [1.82, 2.24) is 15.0 Å². The molecular formula is C24H25ClFN5S. The molecule has 4 rings (SSSR count). The topological polar surface area (TPSA) is 62.7 Å². The second-order valence-electron chi connectivity index (χ2n) is 7.78. The van der Waals surface area contributed by atoms with Crippen molar-refractivity contribution in [3.8, 4) is 0 Å². The predicted molar refractivity (Wildman–Crippen MR) is 131 cm³/mol. The Bertz CT molecular complexity index is 1080. The molecule has 8 heteroatoms. The first-order valence-electron chi connectivity index (χ1n) is 10.7. The average molecular weight is 470 g/mol. The maximum absolute atomic E-state index is 13.6. The van der Waals surface area contributed by atoms with Crippen molar-refractivity contribution in [1.29, 1.82) is 0 Å². The molecule has 3 aromatic rings. The standard InChI is InChI=1S/C24H25ClFN5S/c1-16-18(12-13-22(29-16)31-32-21-9-5-8-20(26)23(21)25)11-10-17-14-27-24(28-15-17)30-19-6-3-2-4-7-19/h5,8-15,19H,2-4,6-7H2,1H3,(H,29,31)(H,27,28,30)/b11-10+. The van der Waals surface area contributed by atoms with Crippen LogP contribution in [0.25, 0.3) is 12.2 Å². The molecule has 32 heavy (non-hydrogen) atoms.